The first-order valence-electron chi connectivity index (χ1n) is 7.26. The third kappa shape index (κ3) is 6.37. The zero-order valence-corrected chi connectivity index (χ0v) is 14.3. The summed E-state index contributed by atoms with van der Waals surface area (Å²) in [6.07, 6.45) is 1.70. The molecule has 0 bridgehead atoms. The van der Waals surface area contributed by atoms with E-state index in [2.05, 4.69) is 10.6 Å². The van der Waals surface area contributed by atoms with Gasteiger partial charge in [-0.15, -0.1) is 0 Å². The lowest BCUT2D eigenvalue weighted by atomic mass is 10.1. The summed E-state index contributed by atoms with van der Waals surface area (Å²) in [5.74, 6) is 2.12. The van der Waals surface area contributed by atoms with Gasteiger partial charge in [-0.25, -0.2) is 8.42 Å². The van der Waals surface area contributed by atoms with Crippen LogP contribution in [0.3, 0.4) is 0 Å². The van der Waals surface area contributed by atoms with Crippen molar-refractivity contribution in [2.24, 2.45) is 0 Å². The molecule has 0 aromatic heterocycles. The minimum absolute atomic E-state index is 0.0218. The summed E-state index contributed by atoms with van der Waals surface area (Å²) in [4.78, 5) is 11.9. The lowest BCUT2D eigenvalue weighted by Crippen LogP contribution is -2.41. The number of hydrogen-bond donors (Lipinski definition) is 2. The molecule has 1 aliphatic heterocycles. The summed E-state index contributed by atoms with van der Waals surface area (Å²) >= 11 is 1.87. The van der Waals surface area contributed by atoms with Crippen LogP contribution in [0.5, 0.6) is 0 Å². The predicted octanol–water partition coefficient (Wildman–Crippen LogP) is 0.942. The molecule has 1 atom stereocenters. The van der Waals surface area contributed by atoms with Gasteiger partial charge in [-0.05, 0) is 11.1 Å². The summed E-state index contributed by atoms with van der Waals surface area (Å²) < 4.78 is 22.6. The molecule has 2 N–H and O–H groups in total. The minimum Gasteiger partial charge on any atom is -0.352 e. The zero-order chi connectivity index (χ0) is 16.0. The van der Waals surface area contributed by atoms with Gasteiger partial charge in [0.1, 0.15) is 0 Å². The van der Waals surface area contributed by atoms with E-state index in [9.17, 15) is 13.2 Å². The Morgan fingerprint density at radius 3 is 2.86 bits per heavy atom. The molecule has 1 amide bonds. The van der Waals surface area contributed by atoms with E-state index in [1.54, 1.807) is 6.07 Å². The number of carbonyl (C=O) groups is 1. The van der Waals surface area contributed by atoms with Gasteiger partial charge in [0.2, 0.25) is 5.91 Å². The van der Waals surface area contributed by atoms with Crippen molar-refractivity contribution >= 4 is 27.5 Å². The molecule has 1 aromatic rings. The van der Waals surface area contributed by atoms with E-state index in [0.717, 1.165) is 29.2 Å². The maximum Gasteiger partial charge on any atom is 0.221 e. The van der Waals surface area contributed by atoms with Crippen molar-refractivity contribution in [2.45, 2.75) is 24.8 Å². The van der Waals surface area contributed by atoms with Crippen molar-refractivity contribution in [3.8, 4) is 0 Å². The van der Waals surface area contributed by atoms with E-state index in [1.165, 1.54) is 6.26 Å². The Labute approximate surface area is 136 Å². The second-order valence-electron chi connectivity index (χ2n) is 5.60. The maximum absolute atomic E-state index is 11.9. The molecule has 0 radical (unpaired) electrons. The topological polar surface area (TPSA) is 75.3 Å². The van der Waals surface area contributed by atoms with E-state index in [4.69, 9.17) is 0 Å². The molecule has 1 aromatic carbocycles. The van der Waals surface area contributed by atoms with E-state index < -0.39 is 9.84 Å². The molecule has 5 nitrogen and oxygen atoms in total. The number of amides is 1. The molecule has 1 saturated heterocycles. The van der Waals surface area contributed by atoms with Gasteiger partial charge in [-0.2, -0.15) is 11.8 Å². The van der Waals surface area contributed by atoms with Gasteiger partial charge < -0.3 is 10.6 Å². The highest BCUT2D eigenvalue weighted by Crippen LogP contribution is 2.11. The average molecular weight is 342 g/mol. The number of rotatable bonds is 6. The Balaban J connectivity index is 1.83. The Bertz CT molecular complexity index is 611. The number of benzene rings is 1. The van der Waals surface area contributed by atoms with Crippen LogP contribution in [-0.2, 0) is 26.9 Å². The van der Waals surface area contributed by atoms with Crippen molar-refractivity contribution in [1.29, 1.82) is 0 Å². The fourth-order valence-corrected chi connectivity index (χ4v) is 4.11. The summed E-state index contributed by atoms with van der Waals surface area (Å²) in [5, 5.41) is 6.23. The average Bonchev–Trinajstić information content (AvgIpc) is 2.45. The molecule has 1 unspecified atom stereocenters. The largest absolute Gasteiger partial charge is 0.352 e. The SMILES string of the molecule is CS(=O)(=O)Cc1cccc(CNC(=O)CC2CSCCN2)c1. The monoisotopic (exact) mass is 342 g/mol. The molecule has 22 heavy (non-hydrogen) atoms. The summed E-state index contributed by atoms with van der Waals surface area (Å²) in [6, 6.07) is 7.57. The van der Waals surface area contributed by atoms with Gasteiger partial charge >= 0.3 is 0 Å². The second-order valence-corrected chi connectivity index (χ2v) is 8.89. The first-order chi connectivity index (χ1) is 10.4. The molecule has 2 rings (SSSR count). The quantitative estimate of drug-likeness (QED) is 0.805. The van der Waals surface area contributed by atoms with Crippen LogP contribution in [0.2, 0.25) is 0 Å². The van der Waals surface area contributed by atoms with Gasteiger partial charge in [0.25, 0.3) is 0 Å². The van der Waals surface area contributed by atoms with Crippen molar-refractivity contribution in [3.05, 3.63) is 35.4 Å². The van der Waals surface area contributed by atoms with Crippen LogP contribution in [0.15, 0.2) is 24.3 Å². The molecule has 0 spiro atoms. The van der Waals surface area contributed by atoms with Crippen LogP contribution in [0.25, 0.3) is 0 Å². The van der Waals surface area contributed by atoms with E-state index in [1.807, 2.05) is 30.0 Å². The Kier molecular flexibility index (Phi) is 6.28. The molecular formula is C15H22N2O3S2. The highest BCUT2D eigenvalue weighted by molar-refractivity contribution is 7.99. The molecule has 0 saturated carbocycles. The minimum atomic E-state index is -3.04. The maximum atomic E-state index is 11.9. The number of thioether (sulfide) groups is 1. The standard InChI is InChI=1S/C15H22N2O3S2/c1-22(19,20)11-13-4-2-3-12(7-13)9-17-15(18)8-14-10-21-6-5-16-14/h2-4,7,14,16H,5-6,8-11H2,1H3,(H,17,18). The van der Waals surface area contributed by atoms with Crippen LogP contribution in [0.1, 0.15) is 17.5 Å². The molecular weight excluding hydrogens is 320 g/mol. The molecule has 122 valence electrons. The number of nitrogens with one attached hydrogen (secondary N) is 2. The predicted molar refractivity (Wildman–Crippen MR) is 90.6 cm³/mol. The van der Waals surface area contributed by atoms with Crippen LogP contribution < -0.4 is 10.6 Å². The molecule has 0 aliphatic carbocycles. The van der Waals surface area contributed by atoms with Crippen LogP contribution in [0.4, 0.5) is 0 Å². The Hall–Kier alpha value is -1.05. The molecule has 1 fully saturated rings. The lowest BCUT2D eigenvalue weighted by molar-refractivity contribution is -0.121. The number of sulfone groups is 1. The number of carbonyl (C=O) groups excluding carboxylic acids is 1. The van der Waals surface area contributed by atoms with Crippen molar-refractivity contribution in [2.75, 3.05) is 24.3 Å². The number of hydrogen-bond acceptors (Lipinski definition) is 5. The van der Waals surface area contributed by atoms with Crippen LogP contribution in [-0.4, -0.2) is 44.7 Å². The first kappa shape index (κ1) is 17.3. The fourth-order valence-electron chi connectivity index (χ4n) is 2.38. The van der Waals surface area contributed by atoms with Crippen molar-refractivity contribution < 1.29 is 13.2 Å². The van der Waals surface area contributed by atoms with E-state index in [0.29, 0.717) is 13.0 Å². The summed E-state index contributed by atoms with van der Waals surface area (Å²) in [6.45, 7) is 1.38. The van der Waals surface area contributed by atoms with Crippen molar-refractivity contribution in [1.82, 2.24) is 10.6 Å². The smallest absolute Gasteiger partial charge is 0.221 e. The normalized spacial score (nSPS) is 18.9. The Morgan fingerprint density at radius 1 is 1.41 bits per heavy atom. The fraction of sp³-hybridized carbons (Fsp3) is 0.533. The van der Waals surface area contributed by atoms with Gasteiger partial charge in [-0.3, -0.25) is 4.79 Å². The van der Waals surface area contributed by atoms with Crippen LogP contribution in [0, 0.1) is 0 Å². The van der Waals surface area contributed by atoms with Crippen molar-refractivity contribution in [3.63, 3.8) is 0 Å². The second kappa shape index (κ2) is 7.99. The lowest BCUT2D eigenvalue weighted by Gasteiger charge is -2.22. The zero-order valence-electron chi connectivity index (χ0n) is 12.7. The summed E-state index contributed by atoms with van der Waals surface area (Å²) in [7, 11) is -3.04. The van der Waals surface area contributed by atoms with Gasteiger partial charge in [-0.1, -0.05) is 24.3 Å². The highest BCUT2D eigenvalue weighted by Gasteiger charge is 2.16. The third-order valence-electron chi connectivity index (χ3n) is 3.34. The van der Waals surface area contributed by atoms with Gasteiger partial charge in [0.15, 0.2) is 9.84 Å². The molecule has 7 heteroatoms. The first-order valence-corrected chi connectivity index (χ1v) is 10.5. The van der Waals surface area contributed by atoms with E-state index in [-0.39, 0.29) is 17.7 Å². The van der Waals surface area contributed by atoms with Gasteiger partial charge in [0.05, 0.1) is 5.75 Å². The van der Waals surface area contributed by atoms with E-state index >= 15 is 0 Å². The summed E-state index contributed by atoms with van der Waals surface area (Å²) in [5.41, 5.74) is 1.67. The Morgan fingerprint density at radius 2 is 2.18 bits per heavy atom. The molecule has 1 aliphatic rings. The van der Waals surface area contributed by atoms with Crippen LogP contribution >= 0.6 is 11.8 Å². The highest BCUT2D eigenvalue weighted by atomic mass is 32.2. The molecule has 1 heterocycles. The van der Waals surface area contributed by atoms with Gasteiger partial charge in [0, 0.05) is 43.3 Å². The third-order valence-corrected chi connectivity index (χ3v) is 5.33.